The van der Waals surface area contributed by atoms with Gasteiger partial charge in [-0.25, -0.2) is 4.98 Å². The number of carbonyl (C=O) groups excluding carboxylic acids is 1. The molecular weight excluding hydrogens is 462 g/mol. The van der Waals surface area contributed by atoms with Crippen molar-refractivity contribution < 1.29 is 14.6 Å². The lowest BCUT2D eigenvalue weighted by atomic mass is 10.1. The van der Waals surface area contributed by atoms with Gasteiger partial charge < -0.3 is 19.3 Å². The van der Waals surface area contributed by atoms with Crippen LogP contribution in [-0.2, 0) is 17.8 Å². The fraction of sp³-hybridized carbons (Fsp3) is 0.286. The number of para-hydroxylation sites is 3. The summed E-state index contributed by atoms with van der Waals surface area (Å²) in [7, 11) is 0. The van der Waals surface area contributed by atoms with Gasteiger partial charge in [0.15, 0.2) is 0 Å². The van der Waals surface area contributed by atoms with Gasteiger partial charge in [0.05, 0.1) is 22.6 Å². The predicted molar refractivity (Wildman–Crippen MR) is 138 cm³/mol. The van der Waals surface area contributed by atoms with Gasteiger partial charge in [0.25, 0.3) is 0 Å². The number of anilines is 1. The number of nitrogens with zero attached hydrogens (tertiary/aromatic N) is 3. The third-order valence-electron chi connectivity index (χ3n) is 6.49. The van der Waals surface area contributed by atoms with E-state index in [4.69, 9.17) is 21.3 Å². The number of fused-ring (bicyclic) bond motifs is 1. The average Bonchev–Trinajstić information content (AvgIpc) is 3.44. The number of aryl methyl sites for hydroxylation is 1. The van der Waals surface area contributed by atoms with Gasteiger partial charge in [-0.05, 0) is 48.4 Å². The maximum absolute atomic E-state index is 13.0. The summed E-state index contributed by atoms with van der Waals surface area (Å²) in [4.78, 5) is 19.7. The summed E-state index contributed by atoms with van der Waals surface area (Å²) < 4.78 is 7.78. The van der Waals surface area contributed by atoms with Crippen LogP contribution < -0.4 is 9.64 Å². The summed E-state index contributed by atoms with van der Waals surface area (Å²) in [6.07, 6.45) is 0.562. The Hall–Kier alpha value is -3.35. The number of amides is 1. The standard InChI is InChI=1S/C28H28ClN3O3/c1-2-19-11-13-21(14-12-19)31-16-20(15-27(31)34)28-30-24-8-4-5-9-25(24)32(28)17-22(33)18-35-26-10-6-3-7-23(26)29/h3-14,20,22,33H,2,15-18H2,1H3. The van der Waals surface area contributed by atoms with Crippen LogP contribution in [0.15, 0.2) is 72.8 Å². The van der Waals surface area contributed by atoms with Crippen molar-refractivity contribution in [3.63, 3.8) is 0 Å². The van der Waals surface area contributed by atoms with Crippen LogP contribution in [0.5, 0.6) is 5.75 Å². The topological polar surface area (TPSA) is 67.6 Å². The molecule has 5 rings (SSSR count). The van der Waals surface area contributed by atoms with E-state index in [-0.39, 0.29) is 18.4 Å². The van der Waals surface area contributed by atoms with Crippen LogP contribution in [-0.4, -0.2) is 39.8 Å². The van der Waals surface area contributed by atoms with Crippen LogP contribution >= 0.6 is 11.6 Å². The van der Waals surface area contributed by atoms with Gasteiger partial charge in [0, 0.05) is 24.6 Å². The fourth-order valence-electron chi connectivity index (χ4n) is 4.65. The Morgan fingerprint density at radius 1 is 1.09 bits per heavy atom. The maximum Gasteiger partial charge on any atom is 0.227 e. The van der Waals surface area contributed by atoms with Gasteiger partial charge in [-0.15, -0.1) is 0 Å². The maximum atomic E-state index is 13.0. The third kappa shape index (κ3) is 4.90. The van der Waals surface area contributed by atoms with Gasteiger partial charge >= 0.3 is 0 Å². The van der Waals surface area contributed by atoms with Crippen LogP contribution in [0.2, 0.25) is 5.02 Å². The lowest BCUT2D eigenvalue weighted by molar-refractivity contribution is -0.117. The van der Waals surface area contributed by atoms with E-state index in [2.05, 4.69) is 19.1 Å². The number of imidazole rings is 1. The van der Waals surface area contributed by atoms with E-state index in [0.29, 0.717) is 30.3 Å². The van der Waals surface area contributed by atoms with Gasteiger partial charge in [-0.3, -0.25) is 4.79 Å². The first-order valence-electron chi connectivity index (χ1n) is 11.9. The molecule has 180 valence electrons. The summed E-state index contributed by atoms with van der Waals surface area (Å²) >= 11 is 6.18. The fourth-order valence-corrected chi connectivity index (χ4v) is 4.84. The van der Waals surface area contributed by atoms with Gasteiger partial charge in [0.2, 0.25) is 5.91 Å². The Morgan fingerprint density at radius 3 is 2.60 bits per heavy atom. The van der Waals surface area contributed by atoms with Crippen molar-refractivity contribution in [1.82, 2.24) is 9.55 Å². The zero-order valence-electron chi connectivity index (χ0n) is 19.6. The molecule has 0 radical (unpaired) electrons. The molecule has 1 N–H and O–H groups in total. The van der Waals surface area contributed by atoms with E-state index in [9.17, 15) is 9.90 Å². The number of ether oxygens (including phenoxy) is 1. The molecule has 1 fully saturated rings. The summed E-state index contributed by atoms with van der Waals surface area (Å²) in [6.45, 7) is 3.07. The Balaban J connectivity index is 1.37. The minimum Gasteiger partial charge on any atom is -0.489 e. The van der Waals surface area contributed by atoms with Crippen LogP contribution in [0.1, 0.15) is 30.7 Å². The zero-order valence-corrected chi connectivity index (χ0v) is 20.4. The number of carbonyl (C=O) groups is 1. The number of hydrogen-bond donors (Lipinski definition) is 1. The number of aromatic nitrogens is 2. The first-order chi connectivity index (χ1) is 17.0. The molecule has 1 saturated heterocycles. The minimum absolute atomic E-state index is 0.0718. The third-order valence-corrected chi connectivity index (χ3v) is 6.80. The molecule has 2 atom stereocenters. The molecule has 1 aromatic heterocycles. The lowest BCUT2D eigenvalue weighted by Crippen LogP contribution is -2.26. The van der Waals surface area contributed by atoms with Crippen molar-refractivity contribution in [3.8, 4) is 5.75 Å². The molecule has 3 aromatic carbocycles. The molecule has 4 aromatic rings. The smallest absolute Gasteiger partial charge is 0.227 e. The molecule has 1 aliphatic rings. The van der Waals surface area contributed by atoms with E-state index >= 15 is 0 Å². The first-order valence-corrected chi connectivity index (χ1v) is 12.3. The van der Waals surface area contributed by atoms with E-state index in [1.165, 1.54) is 5.56 Å². The van der Waals surface area contributed by atoms with Crippen LogP contribution in [0.4, 0.5) is 5.69 Å². The Kier molecular flexibility index (Phi) is 6.75. The molecule has 0 bridgehead atoms. The molecule has 2 heterocycles. The minimum atomic E-state index is -0.780. The van der Waals surface area contributed by atoms with E-state index < -0.39 is 6.10 Å². The van der Waals surface area contributed by atoms with Crippen LogP contribution in [0.25, 0.3) is 11.0 Å². The number of rotatable bonds is 8. The van der Waals surface area contributed by atoms with E-state index in [1.807, 2.05) is 58.0 Å². The number of benzene rings is 3. The Morgan fingerprint density at radius 2 is 1.83 bits per heavy atom. The highest BCUT2D eigenvalue weighted by Crippen LogP contribution is 2.33. The molecule has 35 heavy (non-hydrogen) atoms. The summed E-state index contributed by atoms with van der Waals surface area (Å²) in [5.74, 6) is 1.36. The van der Waals surface area contributed by atoms with Gasteiger partial charge in [0.1, 0.15) is 24.3 Å². The summed E-state index contributed by atoms with van der Waals surface area (Å²) in [5.41, 5.74) is 3.93. The van der Waals surface area contributed by atoms with E-state index in [1.54, 1.807) is 12.1 Å². The number of hydrogen-bond acceptors (Lipinski definition) is 4. The van der Waals surface area contributed by atoms with Crippen molar-refractivity contribution in [2.24, 2.45) is 0 Å². The molecule has 0 aliphatic carbocycles. The van der Waals surface area contributed by atoms with Crippen molar-refractivity contribution in [2.45, 2.75) is 38.3 Å². The molecule has 6 nitrogen and oxygen atoms in total. The summed E-state index contributed by atoms with van der Waals surface area (Å²) in [6, 6.07) is 23.2. The molecule has 2 unspecified atom stereocenters. The highest BCUT2D eigenvalue weighted by Gasteiger charge is 2.35. The van der Waals surface area contributed by atoms with Crippen molar-refractivity contribution in [2.75, 3.05) is 18.1 Å². The second kappa shape index (κ2) is 10.1. The van der Waals surface area contributed by atoms with Gasteiger partial charge in [-0.1, -0.05) is 54.9 Å². The Bertz CT molecular complexity index is 1340. The second-order valence-electron chi connectivity index (χ2n) is 8.89. The normalized spacial score (nSPS) is 16.7. The highest BCUT2D eigenvalue weighted by atomic mass is 35.5. The first kappa shape index (κ1) is 23.4. The van der Waals surface area contributed by atoms with Crippen LogP contribution in [0, 0.1) is 0 Å². The highest BCUT2D eigenvalue weighted by molar-refractivity contribution is 6.32. The Labute approximate surface area is 209 Å². The summed E-state index contributed by atoms with van der Waals surface area (Å²) in [5, 5.41) is 11.3. The lowest BCUT2D eigenvalue weighted by Gasteiger charge is -2.19. The van der Waals surface area contributed by atoms with Crippen molar-refractivity contribution in [3.05, 3.63) is 89.2 Å². The van der Waals surface area contributed by atoms with E-state index in [0.717, 1.165) is 29.0 Å². The van der Waals surface area contributed by atoms with Crippen molar-refractivity contribution >= 4 is 34.2 Å². The molecule has 7 heteroatoms. The predicted octanol–water partition coefficient (Wildman–Crippen LogP) is 5.21. The number of halogens is 1. The average molecular weight is 490 g/mol. The van der Waals surface area contributed by atoms with Crippen molar-refractivity contribution in [1.29, 1.82) is 0 Å². The zero-order chi connectivity index (χ0) is 24.4. The molecule has 0 spiro atoms. The quantitative estimate of drug-likeness (QED) is 0.369. The number of aliphatic hydroxyl groups excluding tert-OH is 1. The molecular formula is C28H28ClN3O3. The molecule has 1 amide bonds. The SMILES string of the molecule is CCc1ccc(N2CC(c3nc4ccccc4n3CC(O)COc3ccccc3Cl)CC2=O)cc1. The van der Waals surface area contributed by atoms with Crippen LogP contribution in [0.3, 0.4) is 0 Å². The number of aliphatic hydroxyl groups is 1. The van der Waals surface area contributed by atoms with Gasteiger partial charge in [-0.2, -0.15) is 0 Å². The second-order valence-corrected chi connectivity index (χ2v) is 9.30. The largest absolute Gasteiger partial charge is 0.489 e. The molecule has 1 aliphatic heterocycles. The molecule has 0 saturated carbocycles. The monoisotopic (exact) mass is 489 g/mol.